The van der Waals surface area contributed by atoms with Crippen LogP contribution in [0.15, 0.2) is 10.6 Å². The van der Waals surface area contributed by atoms with E-state index in [0.29, 0.717) is 38.5 Å². The van der Waals surface area contributed by atoms with Crippen LogP contribution in [0.2, 0.25) is 0 Å². The first-order valence-corrected chi connectivity index (χ1v) is 6.32. The molecule has 0 aliphatic carbocycles. The van der Waals surface area contributed by atoms with Gasteiger partial charge in [-0.2, -0.15) is 0 Å². The fraction of sp³-hybridized carbons (Fsp3) is 0.583. The van der Waals surface area contributed by atoms with E-state index in [-0.39, 0.29) is 11.7 Å². The number of aromatic nitrogens is 1. The van der Waals surface area contributed by atoms with Crippen molar-refractivity contribution in [3.05, 3.63) is 17.8 Å². The van der Waals surface area contributed by atoms with Gasteiger partial charge in [-0.15, -0.1) is 0 Å². The maximum atomic E-state index is 12.2. The molecule has 1 aromatic heterocycles. The van der Waals surface area contributed by atoms with Crippen LogP contribution >= 0.6 is 0 Å². The van der Waals surface area contributed by atoms with Gasteiger partial charge in [0.2, 0.25) is 12.2 Å². The molecule has 2 rings (SSSR count). The summed E-state index contributed by atoms with van der Waals surface area (Å²) < 4.78 is 5.43. The molecule has 1 aliphatic rings. The van der Waals surface area contributed by atoms with Gasteiger partial charge < -0.3 is 19.5 Å². The predicted molar refractivity (Wildman–Crippen MR) is 67.7 cm³/mol. The van der Waals surface area contributed by atoms with Crippen LogP contribution in [-0.2, 0) is 11.2 Å². The molecule has 1 aromatic rings. The van der Waals surface area contributed by atoms with E-state index in [4.69, 9.17) is 4.42 Å². The molecule has 104 valence electrons. The van der Waals surface area contributed by atoms with E-state index in [1.807, 2.05) is 7.05 Å². The zero-order valence-electron chi connectivity index (χ0n) is 11.0. The van der Waals surface area contributed by atoms with Crippen molar-refractivity contribution >= 4 is 12.3 Å². The van der Waals surface area contributed by atoms with Crippen LogP contribution in [0, 0.1) is 0 Å². The molecule has 0 spiro atoms. The Hall–Kier alpha value is -1.89. The van der Waals surface area contributed by atoms with Crippen LogP contribution in [0.3, 0.4) is 0 Å². The van der Waals surface area contributed by atoms with Gasteiger partial charge in [-0.3, -0.25) is 9.59 Å². The zero-order chi connectivity index (χ0) is 13.7. The molecule has 2 heterocycles. The monoisotopic (exact) mass is 266 g/mol. The summed E-state index contributed by atoms with van der Waals surface area (Å²) in [6.45, 7) is 2.95. The second-order valence-electron chi connectivity index (χ2n) is 4.41. The molecule has 0 unspecified atom stereocenters. The van der Waals surface area contributed by atoms with Crippen molar-refractivity contribution in [2.75, 3.05) is 39.8 Å². The SMILES string of the molecule is CNCCc1ncc(C(=O)N2CCN(C=O)CC2)o1. The number of nitrogens with one attached hydrogen (secondary N) is 1. The number of amides is 2. The Morgan fingerprint density at radius 2 is 2.21 bits per heavy atom. The average molecular weight is 266 g/mol. The number of oxazole rings is 1. The first-order chi connectivity index (χ1) is 9.24. The molecular weight excluding hydrogens is 248 g/mol. The normalized spacial score (nSPS) is 15.6. The van der Waals surface area contributed by atoms with Gasteiger partial charge in [0.15, 0.2) is 5.89 Å². The zero-order valence-corrected chi connectivity index (χ0v) is 11.0. The van der Waals surface area contributed by atoms with Crippen molar-refractivity contribution < 1.29 is 14.0 Å². The van der Waals surface area contributed by atoms with E-state index in [2.05, 4.69) is 10.3 Å². The maximum Gasteiger partial charge on any atom is 0.291 e. The number of nitrogens with zero attached hydrogens (tertiary/aromatic N) is 3. The number of carbonyl (C=O) groups excluding carboxylic acids is 2. The molecule has 1 aliphatic heterocycles. The molecule has 0 bridgehead atoms. The molecule has 1 fully saturated rings. The molecule has 1 saturated heterocycles. The van der Waals surface area contributed by atoms with Crippen molar-refractivity contribution in [3.8, 4) is 0 Å². The van der Waals surface area contributed by atoms with Gasteiger partial charge in [0.05, 0.1) is 6.20 Å². The summed E-state index contributed by atoms with van der Waals surface area (Å²) in [5.41, 5.74) is 0. The standard InChI is InChI=1S/C12H18N4O3/c1-13-3-2-11-14-8-10(19-11)12(18)16-6-4-15(9-17)5-7-16/h8-9,13H,2-7H2,1H3. The smallest absolute Gasteiger partial charge is 0.291 e. The van der Waals surface area contributed by atoms with E-state index < -0.39 is 0 Å². The first kappa shape index (κ1) is 13.5. The minimum Gasteiger partial charge on any atom is -0.435 e. The molecule has 1 N–H and O–H groups in total. The fourth-order valence-corrected chi connectivity index (χ4v) is 1.94. The molecule has 2 amide bonds. The topological polar surface area (TPSA) is 78.7 Å². The van der Waals surface area contributed by atoms with E-state index in [0.717, 1.165) is 13.0 Å². The summed E-state index contributed by atoms with van der Waals surface area (Å²) in [5, 5.41) is 3.00. The third-order valence-electron chi connectivity index (χ3n) is 3.10. The highest BCUT2D eigenvalue weighted by Crippen LogP contribution is 2.10. The van der Waals surface area contributed by atoms with Crippen molar-refractivity contribution in [1.29, 1.82) is 0 Å². The quantitative estimate of drug-likeness (QED) is 0.717. The van der Waals surface area contributed by atoms with E-state index in [9.17, 15) is 9.59 Å². The van der Waals surface area contributed by atoms with Gasteiger partial charge in [0.1, 0.15) is 0 Å². The minimum atomic E-state index is -0.159. The van der Waals surface area contributed by atoms with E-state index in [1.54, 1.807) is 9.80 Å². The van der Waals surface area contributed by atoms with Crippen LogP contribution in [0.25, 0.3) is 0 Å². The Morgan fingerprint density at radius 1 is 1.47 bits per heavy atom. The second kappa shape index (κ2) is 6.33. The van der Waals surface area contributed by atoms with Crippen LogP contribution < -0.4 is 5.32 Å². The van der Waals surface area contributed by atoms with Crippen LogP contribution in [0.5, 0.6) is 0 Å². The summed E-state index contributed by atoms with van der Waals surface area (Å²) in [7, 11) is 1.85. The Balaban J connectivity index is 1.92. The minimum absolute atomic E-state index is 0.159. The molecule has 0 radical (unpaired) electrons. The highest BCUT2D eigenvalue weighted by atomic mass is 16.4. The van der Waals surface area contributed by atoms with Crippen molar-refractivity contribution in [1.82, 2.24) is 20.1 Å². The number of carbonyl (C=O) groups is 2. The number of hydrogen-bond acceptors (Lipinski definition) is 5. The molecular formula is C12H18N4O3. The lowest BCUT2D eigenvalue weighted by atomic mass is 10.3. The third-order valence-corrected chi connectivity index (χ3v) is 3.10. The summed E-state index contributed by atoms with van der Waals surface area (Å²) in [6.07, 6.45) is 2.94. The van der Waals surface area contributed by atoms with Gasteiger partial charge >= 0.3 is 0 Å². The lowest BCUT2D eigenvalue weighted by Crippen LogP contribution is -2.48. The number of piperazine rings is 1. The fourth-order valence-electron chi connectivity index (χ4n) is 1.94. The number of likely N-dealkylation sites (N-methyl/N-ethyl adjacent to an activating group) is 1. The highest BCUT2D eigenvalue weighted by molar-refractivity contribution is 5.91. The Kier molecular flexibility index (Phi) is 4.51. The molecule has 0 saturated carbocycles. The molecule has 19 heavy (non-hydrogen) atoms. The van der Waals surface area contributed by atoms with Gasteiger partial charge in [0.25, 0.3) is 5.91 Å². The van der Waals surface area contributed by atoms with Gasteiger partial charge in [-0.05, 0) is 7.05 Å². The van der Waals surface area contributed by atoms with Crippen molar-refractivity contribution in [2.24, 2.45) is 0 Å². The summed E-state index contributed by atoms with van der Waals surface area (Å²) in [5.74, 6) is 0.670. The van der Waals surface area contributed by atoms with Crippen molar-refractivity contribution in [3.63, 3.8) is 0 Å². The molecule has 7 nitrogen and oxygen atoms in total. The summed E-state index contributed by atoms with van der Waals surface area (Å²) in [4.78, 5) is 30.2. The highest BCUT2D eigenvalue weighted by Gasteiger charge is 2.23. The largest absolute Gasteiger partial charge is 0.435 e. The average Bonchev–Trinajstić information content (AvgIpc) is 2.93. The Morgan fingerprint density at radius 3 is 2.84 bits per heavy atom. The van der Waals surface area contributed by atoms with Gasteiger partial charge in [-0.1, -0.05) is 0 Å². The number of hydrogen-bond donors (Lipinski definition) is 1. The molecule has 7 heteroatoms. The van der Waals surface area contributed by atoms with Crippen LogP contribution in [0.1, 0.15) is 16.4 Å². The molecule has 0 aromatic carbocycles. The third kappa shape index (κ3) is 3.31. The van der Waals surface area contributed by atoms with Crippen LogP contribution in [-0.4, -0.2) is 66.9 Å². The van der Waals surface area contributed by atoms with Crippen molar-refractivity contribution in [2.45, 2.75) is 6.42 Å². The second-order valence-corrected chi connectivity index (χ2v) is 4.41. The van der Waals surface area contributed by atoms with Gasteiger partial charge in [-0.25, -0.2) is 4.98 Å². The molecule has 0 atom stereocenters. The van der Waals surface area contributed by atoms with E-state index >= 15 is 0 Å². The lowest BCUT2D eigenvalue weighted by Gasteiger charge is -2.31. The van der Waals surface area contributed by atoms with Gasteiger partial charge in [0, 0.05) is 39.1 Å². The van der Waals surface area contributed by atoms with Crippen LogP contribution in [0.4, 0.5) is 0 Å². The predicted octanol–water partition coefficient (Wildman–Crippen LogP) is -0.649. The van der Waals surface area contributed by atoms with E-state index in [1.165, 1.54) is 6.20 Å². The number of rotatable bonds is 5. The Labute approximate surface area is 111 Å². The summed E-state index contributed by atoms with van der Waals surface area (Å²) in [6, 6.07) is 0. The lowest BCUT2D eigenvalue weighted by molar-refractivity contribution is -0.119. The maximum absolute atomic E-state index is 12.2. The summed E-state index contributed by atoms with van der Waals surface area (Å²) >= 11 is 0. The first-order valence-electron chi connectivity index (χ1n) is 6.32. The Bertz CT molecular complexity index is 438.